The summed E-state index contributed by atoms with van der Waals surface area (Å²) < 4.78 is 2.28. The number of hydrogen-bond donors (Lipinski definition) is 0. The van der Waals surface area contributed by atoms with Gasteiger partial charge in [0.05, 0.1) is 5.38 Å². The average molecular weight is 296 g/mol. The van der Waals surface area contributed by atoms with E-state index in [2.05, 4.69) is 15.6 Å². The SMILES string of the molecule is Cc1cnc2c(c1)nc(C(C)Cl)n2C1CCSCC1. The van der Waals surface area contributed by atoms with E-state index in [0.717, 1.165) is 22.6 Å². The molecule has 3 heterocycles. The fourth-order valence-corrected chi connectivity index (χ4v) is 3.92. The third-order valence-corrected chi connectivity index (χ3v) is 4.85. The second-order valence-electron chi connectivity index (χ2n) is 5.15. The lowest BCUT2D eigenvalue weighted by molar-refractivity contribution is 0.462. The molecule has 3 nitrogen and oxygen atoms in total. The number of aromatic nitrogens is 3. The molecule has 0 radical (unpaired) electrons. The summed E-state index contributed by atoms with van der Waals surface area (Å²) in [6, 6.07) is 2.59. The van der Waals surface area contributed by atoms with Gasteiger partial charge in [0.15, 0.2) is 5.65 Å². The van der Waals surface area contributed by atoms with E-state index in [1.165, 1.54) is 24.3 Å². The van der Waals surface area contributed by atoms with Crippen molar-refractivity contribution in [2.24, 2.45) is 0 Å². The summed E-state index contributed by atoms with van der Waals surface area (Å²) in [5.74, 6) is 3.39. The number of fused-ring (bicyclic) bond motifs is 1. The second kappa shape index (κ2) is 5.33. The minimum Gasteiger partial charge on any atom is -0.308 e. The highest BCUT2D eigenvalue weighted by Gasteiger charge is 2.24. The van der Waals surface area contributed by atoms with E-state index in [1.54, 1.807) is 0 Å². The Morgan fingerprint density at radius 2 is 2.16 bits per heavy atom. The van der Waals surface area contributed by atoms with Gasteiger partial charge < -0.3 is 4.57 Å². The second-order valence-corrected chi connectivity index (χ2v) is 7.03. The Bertz CT molecular complexity index is 588. The number of rotatable bonds is 2. The summed E-state index contributed by atoms with van der Waals surface area (Å²) in [4.78, 5) is 9.30. The molecule has 2 aromatic rings. The van der Waals surface area contributed by atoms with Gasteiger partial charge in [0, 0.05) is 12.2 Å². The molecule has 1 fully saturated rings. The van der Waals surface area contributed by atoms with Crippen LogP contribution in [0.25, 0.3) is 11.2 Å². The van der Waals surface area contributed by atoms with Gasteiger partial charge in [-0.15, -0.1) is 11.6 Å². The maximum Gasteiger partial charge on any atom is 0.160 e. The van der Waals surface area contributed by atoms with Crippen molar-refractivity contribution < 1.29 is 0 Å². The lowest BCUT2D eigenvalue weighted by Gasteiger charge is -2.25. The van der Waals surface area contributed by atoms with E-state index in [-0.39, 0.29) is 5.38 Å². The Labute approximate surface area is 122 Å². The number of thioether (sulfide) groups is 1. The molecule has 0 saturated carbocycles. The summed E-state index contributed by atoms with van der Waals surface area (Å²) in [5, 5.41) is -0.0796. The number of hydrogen-bond acceptors (Lipinski definition) is 3. The standard InChI is InChI=1S/C14H18ClN3S/c1-9-7-12-14(16-8-9)18(13(17-12)10(2)15)11-3-5-19-6-4-11/h7-8,10-11H,3-6H2,1-2H3. The van der Waals surface area contributed by atoms with Crippen LogP contribution in [-0.2, 0) is 0 Å². The monoisotopic (exact) mass is 295 g/mol. The molecule has 1 saturated heterocycles. The Hall–Kier alpha value is -0.740. The van der Waals surface area contributed by atoms with Crippen molar-refractivity contribution in [2.75, 3.05) is 11.5 Å². The smallest absolute Gasteiger partial charge is 0.160 e. The van der Waals surface area contributed by atoms with Gasteiger partial charge in [0.1, 0.15) is 11.3 Å². The highest BCUT2D eigenvalue weighted by Crippen LogP contribution is 2.34. The first kappa shape index (κ1) is 13.3. The molecule has 2 aromatic heterocycles. The maximum atomic E-state index is 6.32. The van der Waals surface area contributed by atoms with Gasteiger partial charge in [-0.25, -0.2) is 9.97 Å². The first-order chi connectivity index (χ1) is 9.16. The van der Waals surface area contributed by atoms with Crippen LogP contribution in [0.2, 0.25) is 0 Å². The molecule has 5 heteroatoms. The zero-order valence-electron chi connectivity index (χ0n) is 11.3. The Morgan fingerprint density at radius 3 is 2.84 bits per heavy atom. The van der Waals surface area contributed by atoms with E-state index in [9.17, 15) is 0 Å². The summed E-state index contributed by atoms with van der Waals surface area (Å²) in [7, 11) is 0. The first-order valence-corrected chi connectivity index (χ1v) is 8.32. The van der Waals surface area contributed by atoms with Crippen LogP contribution in [0.4, 0.5) is 0 Å². The topological polar surface area (TPSA) is 30.7 Å². The predicted molar refractivity (Wildman–Crippen MR) is 82.1 cm³/mol. The zero-order valence-corrected chi connectivity index (χ0v) is 12.8. The van der Waals surface area contributed by atoms with Crippen molar-refractivity contribution in [1.29, 1.82) is 0 Å². The molecule has 0 amide bonds. The van der Waals surface area contributed by atoms with Crippen LogP contribution < -0.4 is 0 Å². The molecular formula is C14H18ClN3S. The van der Waals surface area contributed by atoms with Crippen LogP contribution >= 0.6 is 23.4 Å². The van der Waals surface area contributed by atoms with Crippen molar-refractivity contribution >= 4 is 34.5 Å². The normalized spacial score (nSPS) is 18.9. The van der Waals surface area contributed by atoms with Gasteiger partial charge in [-0.1, -0.05) is 0 Å². The number of aryl methyl sites for hydroxylation is 1. The zero-order chi connectivity index (χ0) is 13.4. The Morgan fingerprint density at radius 1 is 1.42 bits per heavy atom. The first-order valence-electron chi connectivity index (χ1n) is 6.73. The van der Waals surface area contributed by atoms with Crippen molar-refractivity contribution in [3.63, 3.8) is 0 Å². The molecule has 1 unspecified atom stereocenters. The van der Waals surface area contributed by atoms with E-state index < -0.39 is 0 Å². The van der Waals surface area contributed by atoms with Crippen LogP contribution in [0, 0.1) is 6.92 Å². The molecule has 0 N–H and O–H groups in total. The van der Waals surface area contributed by atoms with Crippen LogP contribution in [-0.4, -0.2) is 26.0 Å². The minimum absolute atomic E-state index is 0.0796. The van der Waals surface area contributed by atoms with Gasteiger partial charge in [0.2, 0.25) is 0 Å². The van der Waals surface area contributed by atoms with Gasteiger partial charge in [0.25, 0.3) is 0 Å². The number of alkyl halides is 1. The fourth-order valence-electron chi connectivity index (χ4n) is 2.68. The predicted octanol–water partition coefficient (Wildman–Crippen LogP) is 4.11. The molecule has 0 bridgehead atoms. The summed E-state index contributed by atoms with van der Waals surface area (Å²) in [5.41, 5.74) is 3.11. The van der Waals surface area contributed by atoms with Crippen LogP contribution in [0.15, 0.2) is 12.3 Å². The molecule has 0 spiro atoms. The number of pyridine rings is 1. The van der Waals surface area contributed by atoms with Gasteiger partial charge in [-0.05, 0) is 49.8 Å². The van der Waals surface area contributed by atoms with Crippen molar-refractivity contribution in [2.45, 2.75) is 38.1 Å². The third kappa shape index (κ3) is 2.48. The summed E-state index contributed by atoms with van der Waals surface area (Å²) in [6.07, 6.45) is 4.28. The minimum atomic E-state index is -0.0796. The number of halogens is 1. The van der Waals surface area contributed by atoms with Gasteiger partial charge >= 0.3 is 0 Å². The van der Waals surface area contributed by atoms with Crippen LogP contribution in [0.1, 0.15) is 42.6 Å². The van der Waals surface area contributed by atoms with Crippen molar-refractivity contribution in [3.05, 3.63) is 23.7 Å². The van der Waals surface area contributed by atoms with Crippen LogP contribution in [0.5, 0.6) is 0 Å². The molecule has 1 aliphatic rings. The lowest BCUT2D eigenvalue weighted by Crippen LogP contribution is -2.18. The molecular weight excluding hydrogens is 278 g/mol. The lowest BCUT2D eigenvalue weighted by atomic mass is 10.1. The molecule has 1 atom stereocenters. The molecule has 19 heavy (non-hydrogen) atoms. The largest absolute Gasteiger partial charge is 0.308 e. The molecule has 0 aromatic carbocycles. The summed E-state index contributed by atoms with van der Waals surface area (Å²) >= 11 is 8.35. The van der Waals surface area contributed by atoms with Crippen molar-refractivity contribution in [1.82, 2.24) is 14.5 Å². The Kier molecular flexibility index (Phi) is 3.72. The number of nitrogens with zero attached hydrogens (tertiary/aromatic N) is 3. The van der Waals surface area contributed by atoms with E-state index in [1.807, 2.05) is 31.8 Å². The third-order valence-electron chi connectivity index (χ3n) is 3.61. The van der Waals surface area contributed by atoms with Crippen molar-refractivity contribution in [3.8, 4) is 0 Å². The molecule has 0 aliphatic carbocycles. The Balaban J connectivity index is 2.15. The fraction of sp³-hybridized carbons (Fsp3) is 0.571. The van der Waals surface area contributed by atoms with E-state index in [4.69, 9.17) is 16.6 Å². The highest BCUT2D eigenvalue weighted by molar-refractivity contribution is 7.99. The van der Waals surface area contributed by atoms with Gasteiger partial charge in [-0.3, -0.25) is 0 Å². The average Bonchev–Trinajstić information content (AvgIpc) is 2.78. The number of imidazole rings is 1. The van der Waals surface area contributed by atoms with Crippen LogP contribution in [0.3, 0.4) is 0 Å². The summed E-state index contributed by atoms with van der Waals surface area (Å²) in [6.45, 7) is 4.04. The molecule has 3 rings (SSSR count). The molecule has 102 valence electrons. The van der Waals surface area contributed by atoms with Gasteiger partial charge in [-0.2, -0.15) is 11.8 Å². The molecule has 1 aliphatic heterocycles. The highest BCUT2D eigenvalue weighted by atomic mass is 35.5. The van der Waals surface area contributed by atoms with E-state index >= 15 is 0 Å². The van der Waals surface area contributed by atoms with E-state index in [0.29, 0.717) is 6.04 Å². The quantitative estimate of drug-likeness (QED) is 0.781. The maximum absolute atomic E-state index is 6.32.